The maximum absolute atomic E-state index is 12.2. The van der Waals surface area contributed by atoms with Crippen LogP contribution in [0.5, 0.6) is 17.2 Å². The average Bonchev–Trinajstić information content (AvgIpc) is 3.21. The van der Waals surface area contributed by atoms with Crippen LogP contribution < -0.4 is 19.5 Å². The molecule has 0 unspecified atom stereocenters. The molecule has 1 heterocycles. The summed E-state index contributed by atoms with van der Waals surface area (Å²) in [7, 11) is 3.14. The molecule has 0 fully saturated rings. The Labute approximate surface area is 183 Å². The topological polar surface area (TPSA) is 82.8 Å². The van der Waals surface area contributed by atoms with E-state index in [1.807, 2.05) is 6.07 Å². The fraction of sp³-hybridized carbons (Fsp3) is 0.130. The van der Waals surface area contributed by atoms with Crippen LogP contribution in [0.25, 0.3) is 22.6 Å². The molecular weight excluding hydrogens is 420 g/mol. The summed E-state index contributed by atoms with van der Waals surface area (Å²) in [5.41, 5.74) is 2.51. The van der Waals surface area contributed by atoms with E-state index in [1.165, 1.54) is 0 Å². The van der Waals surface area contributed by atoms with Crippen LogP contribution in [0.15, 0.2) is 65.1 Å². The van der Waals surface area contributed by atoms with Crippen molar-refractivity contribution < 1.29 is 23.4 Å². The van der Waals surface area contributed by atoms with E-state index in [1.54, 1.807) is 68.8 Å². The van der Waals surface area contributed by atoms with Gasteiger partial charge in [-0.2, -0.15) is 0 Å². The lowest BCUT2D eigenvalue weighted by atomic mass is 10.2. The number of halogens is 1. The van der Waals surface area contributed by atoms with Crippen LogP contribution in [0.1, 0.15) is 0 Å². The van der Waals surface area contributed by atoms with Gasteiger partial charge in [0.2, 0.25) is 5.89 Å². The summed E-state index contributed by atoms with van der Waals surface area (Å²) in [6.07, 6.45) is 0. The maximum Gasteiger partial charge on any atom is 0.262 e. The van der Waals surface area contributed by atoms with Crippen molar-refractivity contribution in [3.8, 4) is 28.7 Å². The summed E-state index contributed by atoms with van der Waals surface area (Å²) in [5, 5.41) is 3.26. The zero-order chi connectivity index (χ0) is 21.8. The summed E-state index contributed by atoms with van der Waals surface area (Å²) >= 11 is 6.19. The van der Waals surface area contributed by atoms with E-state index < -0.39 is 0 Å². The lowest BCUT2D eigenvalue weighted by molar-refractivity contribution is -0.118. The zero-order valence-electron chi connectivity index (χ0n) is 16.8. The molecule has 0 atom stereocenters. The molecular formula is C23H19ClN2O5. The van der Waals surface area contributed by atoms with E-state index in [2.05, 4.69) is 10.3 Å². The predicted molar refractivity (Wildman–Crippen MR) is 118 cm³/mol. The van der Waals surface area contributed by atoms with E-state index in [0.29, 0.717) is 44.9 Å². The molecule has 3 aromatic carbocycles. The Bertz CT molecular complexity index is 1220. The smallest absolute Gasteiger partial charge is 0.262 e. The minimum Gasteiger partial charge on any atom is -0.497 e. The molecule has 1 aromatic heterocycles. The Morgan fingerprint density at radius 3 is 2.48 bits per heavy atom. The first-order valence-corrected chi connectivity index (χ1v) is 9.75. The van der Waals surface area contributed by atoms with E-state index in [9.17, 15) is 4.79 Å². The minimum absolute atomic E-state index is 0.126. The molecule has 4 rings (SSSR count). The first-order valence-electron chi connectivity index (χ1n) is 9.37. The Kier molecular flexibility index (Phi) is 5.95. The average molecular weight is 439 g/mol. The predicted octanol–water partition coefficient (Wildman–Crippen LogP) is 5.18. The lowest BCUT2D eigenvalue weighted by Gasteiger charge is -2.08. The van der Waals surface area contributed by atoms with Crippen LogP contribution in [-0.4, -0.2) is 31.7 Å². The summed E-state index contributed by atoms with van der Waals surface area (Å²) in [6.45, 7) is -0.126. The number of oxazole rings is 1. The third kappa shape index (κ3) is 4.73. The molecule has 0 radical (unpaired) electrons. The van der Waals surface area contributed by atoms with E-state index >= 15 is 0 Å². The molecule has 8 heteroatoms. The van der Waals surface area contributed by atoms with Crippen molar-refractivity contribution >= 4 is 34.3 Å². The number of nitrogens with zero attached hydrogens (tertiary/aromatic N) is 1. The van der Waals surface area contributed by atoms with Gasteiger partial charge in [-0.25, -0.2) is 4.98 Å². The second-order valence-corrected chi connectivity index (χ2v) is 6.97. The number of anilines is 1. The van der Waals surface area contributed by atoms with Crippen LogP contribution >= 0.6 is 11.6 Å². The zero-order valence-corrected chi connectivity index (χ0v) is 17.6. The molecule has 1 amide bonds. The van der Waals surface area contributed by atoms with Crippen molar-refractivity contribution in [3.63, 3.8) is 0 Å². The monoisotopic (exact) mass is 438 g/mol. The fourth-order valence-corrected chi connectivity index (χ4v) is 3.20. The number of nitrogens with one attached hydrogen (secondary N) is 1. The highest BCUT2D eigenvalue weighted by atomic mass is 35.5. The van der Waals surface area contributed by atoms with Gasteiger partial charge < -0.3 is 23.9 Å². The second-order valence-electron chi connectivity index (χ2n) is 6.56. The molecule has 0 aliphatic rings. The first-order chi connectivity index (χ1) is 15.1. The molecule has 1 N–H and O–H groups in total. The number of fused-ring (bicyclic) bond motifs is 1. The third-order valence-corrected chi connectivity index (χ3v) is 4.79. The summed E-state index contributed by atoms with van der Waals surface area (Å²) in [5.74, 6) is 2.00. The largest absolute Gasteiger partial charge is 0.497 e. The number of carbonyl (C=O) groups is 1. The van der Waals surface area contributed by atoms with Gasteiger partial charge in [-0.05, 0) is 60.7 Å². The Morgan fingerprint density at radius 1 is 1.00 bits per heavy atom. The van der Waals surface area contributed by atoms with Crippen molar-refractivity contribution in [1.29, 1.82) is 0 Å². The van der Waals surface area contributed by atoms with E-state index in [0.717, 1.165) is 5.56 Å². The Morgan fingerprint density at radius 2 is 1.77 bits per heavy atom. The number of methoxy groups -OCH3 is 2. The molecule has 0 saturated carbocycles. The van der Waals surface area contributed by atoms with E-state index in [-0.39, 0.29) is 12.5 Å². The molecule has 0 spiro atoms. The summed E-state index contributed by atoms with van der Waals surface area (Å²) in [6, 6.07) is 17.5. The number of ether oxygens (including phenoxy) is 3. The van der Waals surface area contributed by atoms with Crippen LogP contribution in [0.4, 0.5) is 5.69 Å². The van der Waals surface area contributed by atoms with E-state index in [4.69, 9.17) is 30.2 Å². The first kappa shape index (κ1) is 20.6. The molecule has 0 saturated heterocycles. The fourth-order valence-electron chi connectivity index (χ4n) is 2.95. The lowest BCUT2D eigenvalue weighted by Crippen LogP contribution is -2.20. The number of aromatic nitrogens is 1. The highest BCUT2D eigenvalue weighted by Crippen LogP contribution is 2.32. The maximum atomic E-state index is 12.2. The minimum atomic E-state index is -0.291. The number of hydrogen-bond acceptors (Lipinski definition) is 6. The van der Waals surface area contributed by atoms with Crippen molar-refractivity contribution in [2.45, 2.75) is 0 Å². The molecule has 31 heavy (non-hydrogen) atoms. The van der Waals surface area contributed by atoms with Gasteiger partial charge in [0.05, 0.1) is 19.2 Å². The van der Waals surface area contributed by atoms with Gasteiger partial charge in [0.15, 0.2) is 12.2 Å². The molecule has 0 aliphatic carbocycles. The third-order valence-electron chi connectivity index (χ3n) is 4.50. The summed E-state index contributed by atoms with van der Waals surface area (Å²) in [4.78, 5) is 16.7. The number of hydrogen-bond donors (Lipinski definition) is 1. The quantitative estimate of drug-likeness (QED) is 0.428. The molecule has 0 bridgehead atoms. The Hall–Kier alpha value is -3.71. The Balaban J connectivity index is 1.43. The van der Waals surface area contributed by atoms with Crippen LogP contribution in [0, 0.1) is 0 Å². The number of carbonyl (C=O) groups excluding carboxylic acids is 1. The normalized spacial score (nSPS) is 10.7. The highest BCUT2D eigenvalue weighted by molar-refractivity contribution is 6.32. The highest BCUT2D eigenvalue weighted by Gasteiger charge is 2.12. The van der Waals surface area contributed by atoms with Gasteiger partial charge in [0.1, 0.15) is 22.8 Å². The molecule has 0 aliphatic heterocycles. The molecule has 158 valence electrons. The van der Waals surface area contributed by atoms with Gasteiger partial charge in [0, 0.05) is 11.3 Å². The number of rotatable bonds is 7. The molecule has 4 aromatic rings. The van der Waals surface area contributed by atoms with Crippen molar-refractivity contribution in [2.24, 2.45) is 0 Å². The van der Waals surface area contributed by atoms with Crippen LogP contribution in [0.3, 0.4) is 0 Å². The van der Waals surface area contributed by atoms with Crippen molar-refractivity contribution in [1.82, 2.24) is 4.98 Å². The van der Waals surface area contributed by atoms with Gasteiger partial charge in [-0.3, -0.25) is 4.79 Å². The number of benzene rings is 3. The van der Waals surface area contributed by atoms with Crippen LogP contribution in [0.2, 0.25) is 5.02 Å². The number of amides is 1. The molecule has 7 nitrogen and oxygen atoms in total. The standard InChI is InChI=1S/C23H19ClN2O5/c1-28-16-5-7-17(8-6-16)30-13-22(27)25-15-4-10-21-19(12-15)26-23(31-21)14-3-9-20(29-2)18(24)11-14/h3-12H,13H2,1-2H3,(H,25,27). The van der Waals surface area contributed by atoms with Gasteiger partial charge in [0.25, 0.3) is 5.91 Å². The van der Waals surface area contributed by atoms with Crippen LogP contribution in [-0.2, 0) is 4.79 Å². The van der Waals surface area contributed by atoms with Crippen molar-refractivity contribution in [2.75, 3.05) is 26.1 Å². The summed E-state index contributed by atoms with van der Waals surface area (Å²) < 4.78 is 21.6. The van der Waals surface area contributed by atoms with Crippen molar-refractivity contribution in [3.05, 3.63) is 65.7 Å². The van der Waals surface area contributed by atoms with Gasteiger partial charge in [-0.15, -0.1) is 0 Å². The second kappa shape index (κ2) is 8.97. The SMILES string of the molecule is COc1ccc(OCC(=O)Nc2ccc3oc(-c4ccc(OC)c(Cl)c4)nc3c2)cc1. The van der Waals surface area contributed by atoms with Gasteiger partial charge in [-0.1, -0.05) is 11.6 Å². The van der Waals surface area contributed by atoms with Gasteiger partial charge >= 0.3 is 0 Å².